The molecule has 3 aromatic heterocycles. The summed E-state index contributed by atoms with van der Waals surface area (Å²) < 4.78 is 7.24. The molecule has 164 valence electrons. The largest absolute Gasteiger partial charge is 0.481 e. The first-order valence-electron chi connectivity index (χ1n) is 10.5. The lowest BCUT2D eigenvalue weighted by Crippen LogP contribution is -2.43. The molecule has 0 unspecified atom stereocenters. The first-order valence-corrected chi connectivity index (χ1v) is 10.5. The van der Waals surface area contributed by atoms with Crippen molar-refractivity contribution >= 4 is 17.6 Å². The minimum atomic E-state index is -0.861. The Morgan fingerprint density at radius 1 is 1.32 bits per heavy atom. The molecule has 0 aliphatic carbocycles. The maximum Gasteiger partial charge on any atom is 0.407 e. The first kappa shape index (κ1) is 20.9. The number of aromatic nitrogens is 4. The number of pyridine rings is 1. The van der Waals surface area contributed by atoms with Gasteiger partial charge in [-0.15, -0.1) is 5.10 Å². The van der Waals surface area contributed by atoms with E-state index in [1.165, 1.54) is 0 Å². The molecule has 0 radical (unpaired) electrons. The summed E-state index contributed by atoms with van der Waals surface area (Å²) in [6.45, 7) is 7.96. The molecule has 0 saturated carbocycles. The lowest BCUT2D eigenvalue weighted by molar-refractivity contribution is 0.121. The number of methoxy groups -OCH3 is 1. The molecule has 1 aliphatic rings. The van der Waals surface area contributed by atoms with E-state index in [0.29, 0.717) is 19.0 Å². The van der Waals surface area contributed by atoms with E-state index >= 15 is 0 Å². The fourth-order valence-electron chi connectivity index (χ4n) is 4.10. The topological polar surface area (TPSA) is 96.1 Å². The normalized spacial score (nSPS) is 16.3. The molecular formula is C22H28N6O3. The summed E-state index contributed by atoms with van der Waals surface area (Å²) in [7, 11) is 1.60. The van der Waals surface area contributed by atoms with Crippen LogP contribution in [0.2, 0.25) is 0 Å². The second-order valence-electron chi connectivity index (χ2n) is 8.39. The molecule has 31 heavy (non-hydrogen) atoms. The van der Waals surface area contributed by atoms with Gasteiger partial charge in [-0.1, -0.05) is 13.8 Å². The third-order valence-corrected chi connectivity index (χ3v) is 5.54. The van der Waals surface area contributed by atoms with E-state index in [2.05, 4.69) is 14.9 Å². The minimum absolute atomic E-state index is 0.0410. The van der Waals surface area contributed by atoms with Gasteiger partial charge in [0, 0.05) is 25.8 Å². The van der Waals surface area contributed by atoms with Crippen molar-refractivity contribution in [2.24, 2.45) is 5.92 Å². The standard InChI is InChI=1S/C22H28N6O3/c1-14(2)12-27(22(29)30)16-7-8-26(13-16)20-6-5-19-23-11-18(28(19)25-20)17-9-15(3)10-24-21(17)31-4/h5-6,9-11,14,16H,7-8,12-13H2,1-4H3,(H,29,30)/t16-/m0/s1. The zero-order valence-electron chi connectivity index (χ0n) is 18.3. The van der Waals surface area contributed by atoms with Crippen molar-refractivity contribution in [2.75, 3.05) is 31.6 Å². The van der Waals surface area contributed by atoms with Crippen LogP contribution in [0.3, 0.4) is 0 Å². The van der Waals surface area contributed by atoms with E-state index in [4.69, 9.17) is 9.84 Å². The summed E-state index contributed by atoms with van der Waals surface area (Å²) in [6.07, 6.45) is 3.46. The number of amides is 1. The van der Waals surface area contributed by atoms with Crippen LogP contribution in [0.25, 0.3) is 16.9 Å². The second-order valence-corrected chi connectivity index (χ2v) is 8.39. The van der Waals surface area contributed by atoms with Crippen LogP contribution in [0.4, 0.5) is 10.6 Å². The van der Waals surface area contributed by atoms with E-state index in [9.17, 15) is 9.90 Å². The number of imidazole rings is 1. The molecule has 9 heteroatoms. The van der Waals surface area contributed by atoms with Gasteiger partial charge < -0.3 is 19.6 Å². The van der Waals surface area contributed by atoms with E-state index < -0.39 is 6.09 Å². The maximum atomic E-state index is 11.8. The number of ether oxygens (including phenoxy) is 1. The molecule has 1 amide bonds. The minimum Gasteiger partial charge on any atom is -0.481 e. The molecule has 0 bridgehead atoms. The van der Waals surface area contributed by atoms with Crippen molar-refractivity contribution in [1.29, 1.82) is 0 Å². The lowest BCUT2D eigenvalue weighted by atomic mass is 10.1. The van der Waals surface area contributed by atoms with Gasteiger partial charge in [0.1, 0.15) is 5.82 Å². The van der Waals surface area contributed by atoms with Crippen LogP contribution in [-0.2, 0) is 0 Å². The van der Waals surface area contributed by atoms with Crippen LogP contribution in [0, 0.1) is 12.8 Å². The quantitative estimate of drug-likeness (QED) is 0.648. The fraction of sp³-hybridized carbons (Fsp3) is 0.455. The number of carboxylic acid groups (broad SMARTS) is 1. The summed E-state index contributed by atoms with van der Waals surface area (Å²) in [6, 6.07) is 5.83. The summed E-state index contributed by atoms with van der Waals surface area (Å²) in [5, 5.41) is 14.5. The van der Waals surface area contributed by atoms with Crippen LogP contribution in [0.1, 0.15) is 25.8 Å². The van der Waals surface area contributed by atoms with Gasteiger partial charge in [-0.3, -0.25) is 0 Å². The molecule has 9 nitrogen and oxygen atoms in total. The highest BCUT2D eigenvalue weighted by atomic mass is 16.5. The van der Waals surface area contributed by atoms with Crippen LogP contribution < -0.4 is 9.64 Å². The molecule has 1 fully saturated rings. The van der Waals surface area contributed by atoms with Crippen molar-refractivity contribution in [2.45, 2.75) is 33.2 Å². The van der Waals surface area contributed by atoms with E-state index in [1.54, 1.807) is 28.9 Å². The summed E-state index contributed by atoms with van der Waals surface area (Å²) >= 11 is 0. The number of carbonyl (C=O) groups is 1. The predicted octanol–water partition coefficient (Wildman–Crippen LogP) is 3.32. The SMILES string of the molecule is COc1ncc(C)cc1-c1cnc2ccc(N3CC[C@H](N(CC(C)C)C(=O)O)C3)nn12. The number of rotatable bonds is 6. The number of hydrogen-bond donors (Lipinski definition) is 1. The number of fused-ring (bicyclic) bond motifs is 1. The number of aryl methyl sites for hydroxylation is 1. The maximum absolute atomic E-state index is 11.8. The van der Waals surface area contributed by atoms with Crippen molar-refractivity contribution in [1.82, 2.24) is 24.5 Å². The van der Waals surface area contributed by atoms with Gasteiger partial charge in [-0.05, 0) is 43.0 Å². The zero-order chi connectivity index (χ0) is 22.1. The lowest BCUT2D eigenvalue weighted by Gasteiger charge is -2.28. The molecule has 0 aromatic carbocycles. The Bertz CT molecular complexity index is 1100. The monoisotopic (exact) mass is 424 g/mol. The summed E-state index contributed by atoms with van der Waals surface area (Å²) in [5.41, 5.74) is 3.37. The van der Waals surface area contributed by atoms with Crippen LogP contribution in [0.5, 0.6) is 5.88 Å². The van der Waals surface area contributed by atoms with Gasteiger partial charge in [0.2, 0.25) is 5.88 Å². The Kier molecular flexibility index (Phi) is 5.67. The third kappa shape index (κ3) is 4.12. The summed E-state index contributed by atoms with van der Waals surface area (Å²) in [5.74, 6) is 1.60. The van der Waals surface area contributed by atoms with Crippen molar-refractivity contribution in [3.05, 3.63) is 36.2 Å². The van der Waals surface area contributed by atoms with Crippen molar-refractivity contribution < 1.29 is 14.6 Å². The number of nitrogens with zero attached hydrogens (tertiary/aromatic N) is 6. The van der Waals surface area contributed by atoms with E-state index in [-0.39, 0.29) is 12.0 Å². The molecule has 1 N–H and O–H groups in total. The molecule has 1 saturated heterocycles. The Balaban J connectivity index is 1.64. The zero-order valence-corrected chi connectivity index (χ0v) is 18.3. The summed E-state index contributed by atoms with van der Waals surface area (Å²) in [4.78, 5) is 24.3. The highest BCUT2D eigenvalue weighted by molar-refractivity contribution is 5.69. The average molecular weight is 425 g/mol. The van der Waals surface area contributed by atoms with E-state index in [0.717, 1.165) is 41.3 Å². The van der Waals surface area contributed by atoms with Crippen LogP contribution in [0.15, 0.2) is 30.6 Å². The Morgan fingerprint density at radius 2 is 2.13 bits per heavy atom. The molecule has 1 atom stereocenters. The Hall–Kier alpha value is -3.36. The molecule has 4 rings (SSSR count). The predicted molar refractivity (Wildman–Crippen MR) is 118 cm³/mol. The van der Waals surface area contributed by atoms with Gasteiger partial charge in [-0.25, -0.2) is 19.3 Å². The highest BCUT2D eigenvalue weighted by Crippen LogP contribution is 2.30. The Morgan fingerprint density at radius 3 is 2.84 bits per heavy atom. The van der Waals surface area contributed by atoms with Gasteiger partial charge in [0.15, 0.2) is 5.65 Å². The Labute approximate surface area is 181 Å². The first-order chi connectivity index (χ1) is 14.9. The molecular weight excluding hydrogens is 396 g/mol. The number of hydrogen-bond acceptors (Lipinski definition) is 6. The van der Waals surface area contributed by atoms with E-state index in [1.807, 2.05) is 39.0 Å². The second kappa shape index (κ2) is 8.41. The molecule has 4 heterocycles. The molecule has 0 spiro atoms. The molecule has 1 aliphatic heterocycles. The van der Waals surface area contributed by atoms with Gasteiger partial charge in [-0.2, -0.15) is 0 Å². The third-order valence-electron chi connectivity index (χ3n) is 5.54. The average Bonchev–Trinajstić information content (AvgIpc) is 3.38. The van der Waals surface area contributed by atoms with Gasteiger partial charge in [0.05, 0.1) is 30.6 Å². The van der Waals surface area contributed by atoms with Crippen LogP contribution >= 0.6 is 0 Å². The van der Waals surface area contributed by atoms with Gasteiger partial charge >= 0.3 is 6.09 Å². The smallest absolute Gasteiger partial charge is 0.407 e. The highest BCUT2D eigenvalue weighted by Gasteiger charge is 2.32. The van der Waals surface area contributed by atoms with Crippen molar-refractivity contribution in [3.8, 4) is 17.1 Å². The molecule has 3 aromatic rings. The fourth-order valence-corrected chi connectivity index (χ4v) is 4.10. The van der Waals surface area contributed by atoms with Gasteiger partial charge in [0.25, 0.3) is 0 Å². The van der Waals surface area contributed by atoms with Crippen molar-refractivity contribution in [3.63, 3.8) is 0 Å². The number of anilines is 1. The van der Waals surface area contributed by atoms with Crippen LogP contribution in [-0.4, -0.2) is 68.5 Å².